The highest BCUT2D eigenvalue weighted by Gasteiger charge is 2.32. The van der Waals surface area contributed by atoms with Gasteiger partial charge in [-0.2, -0.15) is 13.2 Å². The summed E-state index contributed by atoms with van der Waals surface area (Å²) in [6.07, 6.45) is -2.65. The number of nitrogens with one attached hydrogen (secondary N) is 1. The molecule has 0 radical (unpaired) electrons. The van der Waals surface area contributed by atoms with E-state index < -0.39 is 11.7 Å². The minimum absolute atomic E-state index is 0.0673. The predicted octanol–water partition coefficient (Wildman–Crippen LogP) is 3.44. The van der Waals surface area contributed by atoms with Crippen LogP contribution >= 0.6 is 11.6 Å². The number of benzene rings is 1. The lowest BCUT2D eigenvalue weighted by molar-refractivity contribution is -0.137. The molecule has 0 saturated carbocycles. The summed E-state index contributed by atoms with van der Waals surface area (Å²) in [5.41, 5.74) is 0.870. The summed E-state index contributed by atoms with van der Waals surface area (Å²) in [5, 5.41) is 3.03. The highest BCUT2D eigenvalue weighted by atomic mass is 35.5. The van der Waals surface area contributed by atoms with Crippen LogP contribution in [0.5, 0.6) is 0 Å². The largest absolute Gasteiger partial charge is 0.427 e. The summed E-state index contributed by atoms with van der Waals surface area (Å²) < 4.78 is 37.4. The number of hydrogen-bond donors (Lipinski definition) is 1. The van der Waals surface area contributed by atoms with Gasteiger partial charge < -0.3 is 5.23 Å². The zero-order chi connectivity index (χ0) is 11.8. The first-order valence-electron chi connectivity index (χ1n) is 5.03. The first kappa shape index (κ1) is 11.6. The van der Waals surface area contributed by atoms with E-state index in [-0.39, 0.29) is 6.85 Å². The van der Waals surface area contributed by atoms with Crippen LogP contribution in [-0.2, 0) is 12.6 Å². The van der Waals surface area contributed by atoms with Gasteiger partial charge in [-0.05, 0) is 30.4 Å². The third-order valence-electron chi connectivity index (χ3n) is 2.75. The van der Waals surface area contributed by atoms with Crippen molar-refractivity contribution in [1.29, 1.82) is 0 Å². The van der Waals surface area contributed by atoms with E-state index in [1.165, 1.54) is 6.07 Å². The molecule has 0 fully saturated rings. The molecular formula is C10H10BClF3N. The van der Waals surface area contributed by atoms with E-state index in [0.29, 0.717) is 11.5 Å². The van der Waals surface area contributed by atoms with Crippen molar-refractivity contribution >= 4 is 24.1 Å². The molecule has 16 heavy (non-hydrogen) atoms. The van der Waals surface area contributed by atoms with Crippen molar-refractivity contribution < 1.29 is 13.2 Å². The van der Waals surface area contributed by atoms with Crippen molar-refractivity contribution in [3.63, 3.8) is 0 Å². The van der Waals surface area contributed by atoms with Gasteiger partial charge in [0.05, 0.1) is 5.56 Å². The van der Waals surface area contributed by atoms with Crippen LogP contribution in [0, 0.1) is 0 Å². The van der Waals surface area contributed by atoms with Crippen molar-refractivity contribution in [2.45, 2.75) is 18.9 Å². The number of hydrogen-bond acceptors (Lipinski definition) is 1. The van der Waals surface area contributed by atoms with E-state index >= 15 is 0 Å². The molecular weight excluding hydrogens is 237 g/mol. The van der Waals surface area contributed by atoms with Crippen LogP contribution in [0.2, 0.25) is 6.32 Å². The SMILES string of the molecule is FC(F)(F)c1ccc2c(c1)NB(CCl)CC2. The number of fused-ring (bicyclic) bond motifs is 1. The van der Waals surface area contributed by atoms with Crippen molar-refractivity contribution in [3.8, 4) is 0 Å². The minimum atomic E-state index is -4.29. The molecule has 0 saturated heterocycles. The van der Waals surface area contributed by atoms with Crippen LogP contribution in [0.3, 0.4) is 0 Å². The zero-order valence-corrected chi connectivity index (χ0v) is 9.20. The van der Waals surface area contributed by atoms with Crippen LogP contribution < -0.4 is 5.23 Å². The molecule has 0 spiro atoms. The van der Waals surface area contributed by atoms with Gasteiger partial charge in [0, 0.05) is 11.5 Å². The molecule has 86 valence electrons. The van der Waals surface area contributed by atoms with Gasteiger partial charge in [-0.3, -0.25) is 0 Å². The average molecular weight is 247 g/mol. The fraction of sp³-hybridized carbons (Fsp3) is 0.400. The lowest BCUT2D eigenvalue weighted by Crippen LogP contribution is -2.31. The summed E-state index contributed by atoms with van der Waals surface area (Å²) in [6.45, 7) is 0.0673. The van der Waals surface area contributed by atoms with E-state index in [2.05, 4.69) is 5.23 Å². The maximum absolute atomic E-state index is 12.5. The molecule has 1 aromatic rings. The molecule has 6 heteroatoms. The van der Waals surface area contributed by atoms with E-state index in [0.717, 1.165) is 30.4 Å². The molecule has 0 atom stereocenters. The summed E-state index contributed by atoms with van der Waals surface area (Å²) in [4.78, 5) is 0. The fourth-order valence-electron chi connectivity index (χ4n) is 1.84. The topological polar surface area (TPSA) is 12.0 Å². The van der Waals surface area contributed by atoms with Crippen molar-refractivity contribution in [3.05, 3.63) is 29.3 Å². The number of rotatable bonds is 1. The van der Waals surface area contributed by atoms with E-state index in [4.69, 9.17) is 11.6 Å². The van der Waals surface area contributed by atoms with Gasteiger partial charge in [0.1, 0.15) is 0 Å². The highest BCUT2D eigenvalue weighted by molar-refractivity contribution is 6.70. The molecule has 1 heterocycles. The maximum Gasteiger partial charge on any atom is 0.416 e. The Morgan fingerprint density at radius 2 is 2.12 bits per heavy atom. The van der Waals surface area contributed by atoms with Gasteiger partial charge in [-0.25, -0.2) is 0 Å². The average Bonchev–Trinajstić information content (AvgIpc) is 2.26. The summed E-state index contributed by atoms with van der Waals surface area (Å²) in [7, 11) is 0. The quantitative estimate of drug-likeness (QED) is 0.592. The predicted molar refractivity (Wildman–Crippen MR) is 60.1 cm³/mol. The van der Waals surface area contributed by atoms with Crippen LogP contribution in [0.1, 0.15) is 11.1 Å². The monoisotopic (exact) mass is 247 g/mol. The molecule has 1 aliphatic heterocycles. The van der Waals surface area contributed by atoms with Gasteiger partial charge in [-0.1, -0.05) is 6.07 Å². The second kappa shape index (κ2) is 4.20. The zero-order valence-electron chi connectivity index (χ0n) is 8.44. The molecule has 0 bridgehead atoms. The number of aryl methyl sites for hydroxylation is 1. The Labute approximate surface area is 97.1 Å². The molecule has 1 nitrogen and oxygen atoms in total. The Morgan fingerprint density at radius 3 is 2.75 bits per heavy atom. The van der Waals surface area contributed by atoms with Gasteiger partial charge >= 0.3 is 6.18 Å². The van der Waals surface area contributed by atoms with Crippen LogP contribution in [0.4, 0.5) is 18.9 Å². The Bertz CT molecular complexity index is 394. The van der Waals surface area contributed by atoms with E-state index in [9.17, 15) is 13.2 Å². The lowest BCUT2D eigenvalue weighted by atomic mass is 9.58. The smallest absolute Gasteiger partial charge is 0.416 e. The molecule has 2 rings (SSSR count). The molecule has 0 amide bonds. The Hall–Kier alpha value is -0.835. The normalized spacial score (nSPS) is 15.6. The first-order valence-corrected chi connectivity index (χ1v) is 5.57. The Kier molecular flexibility index (Phi) is 3.06. The van der Waals surface area contributed by atoms with Crippen molar-refractivity contribution in [2.24, 2.45) is 0 Å². The van der Waals surface area contributed by atoms with E-state index in [1.807, 2.05) is 0 Å². The van der Waals surface area contributed by atoms with Gasteiger partial charge in [-0.15, -0.1) is 11.6 Å². The van der Waals surface area contributed by atoms with Gasteiger partial charge in [0.25, 0.3) is 6.85 Å². The Balaban J connectivity index is 2.31. The third-order valence-corrected chi connectivity index (χ3v) is 3.12. The van der Waals surface area contributed by atoms with Gasteiger partial charge in [0.15, 0.2) is 0 Å². The standard InChI is InChI=1S/C10H10BClF3N/c12-6-11-4-3-7-1-2-8(10(13,14)15)5-9(7)16-11/h1-2,5,16H,3-4,6H2. The number of anilines is 1. The second-order valence-corrected chi connectivity index (χ2v) is 4.21. The molecule has 0 unspecified atom stereocenters. The van der Waals surface area contributed by atoms with Gasteiger partial charge in [0.2, 0.25) is 0 Å². The number of halogens is 4. The molecule has 1 aliphatic rings. The Morgan fingerprint density at radius 1 is 1.38 bits per heavy atom. The maximum atomic E-state index is 12.5. The molecule has 0 aliphatic carbocycles. The number of alkyl halides is 4. The molecule has 0 aromatic heterocycles. The highest BCUT2D eigenvalue weighted by Crippen LogP contribution is 2.34. The molecule has 1 N–H and O–H groups in total. The summed E-state index contributed by atoms with van der Waals surface area (Å²) in [6, 6.07) is 3.82. The lowest BCUT2D eigenvalue weighted by Gasteiger charge is -2.24. The van der Waals surface area contributed by atoms with Crippen LogP contribution in [0.15, 0.2) is 18.2 Å². The van der Waals surface area contributed by atoms with E-state index in [1.54, 1.807) is 0 Å². The molecule has 1 aromatic carbocycles. The second-order valence-electron chi connectivity index (χ2n) is 3.90. The summed E-state index contributed by atoms with van der Waals surface area (Å²) >= 11 is 5.69. The van der Waals surface area contributed by atoms with Crippen molar-refractivity contribution in [2.75, 3.05) is 11.0 Å². The third kappa shape index (κ3) is 2.29. The van der Waals surface area contributed by atoms with Crippen molar-refractivity contribution in [1.82, 2.24) is 0 Å². The minimum Gasteiger partial charge on any atom is -0.427 e. The van der Waals surface area contributed by atoms with Crippen LogP contribution in [-0.4, -0.2) is 12.6 Å². The first-order chi connectivity index (χ1) is 7.50. The summed E-state index contributed by atoms with van der Waals surface area (Å²) in [5.74, 6) is 0.412. The van der Waals surface area contributed by atoms with Crippen LogP contribution in [0.25, 0.3) is 0 Å². The fourth-order valence-corrected chi connectivity index (χ4v) is 2.07.